The van der Waals surface area contributed by atoms with Crippen molar-refractivity contribution in [3.63, 3.8) is 0 Å². The summed E-state index contributed by atoms with van der Waals surface area (Å²) in [7, 11) is 0. The topological polar surface area (TPSA) is 35.2 Å². The van der Waals surface area contributed by atoms with Gasteiger partial charge < -0.3 is 10.5 Å². The van der Waals surface area contributed by atoms with E-state index in [2.05, 4.69) is 20.8 Å². The second-order valence-corrected chi connectivity index (χ2v) is 4.25. The molecule has 2 N–H and O–H groups in total. The van der Waals surface area contributed by atoms with E-state index in [1.54, 1.807) is 0 Å². The molecule has 0 aromatic rings. The highest BCUT2D eigenvalue weighted by atomic mass is 16.5. The van der Waals surface area contributed by atoms with Gasteiger partial charge in [-0.2, -0.15) is 0 Å². The van der Waals surface area contributed by atoms with E-state index in [-0.39, 0.29) is 6.04 Å². The molecule has 0 saturated carbocycles. The Kier molecular flexibility index (Phi) is 7.29. The summed E-state index contributed by atoms with van der Waals surface area (Å²) < 4.78 is 5.69. The molecule has 0 aromatic carbocycles. The lowest BCUT2D eigenvalue weighted by atomic mass is 10.1. The van der Waals surface area contributed by atoms with Crippen LogP contribution in [0.15, 0.2) is 0 Å². The molecular weight excluding hydrogens is 162 g/mol. The molecule has 0 saturated heterocycles. The van der Waals surface area contributed by atoms with Crippen molar-refractivity contribution in [3.8, 4) is 0 Å². The van der Waals surface area contributed by atoms with Crippen molar-refractivity contribution in [1.82, 2.24) is 0 Å². The zero-order valence-corrected chi connectivity index (χ0v) is 9.55. The van der Waals surface area contributed by atoms with E-state index in [9.17, 15) is 0 Å². The van der Waals surface area contributed by atoms with E-state index >= 15 is 0 Å². The molecule has 0 fully saturated rings. The molecule has 0 heterocycles. The smallest absolute Gasteiger partial charge is 0.0561 e. The molecule has 0 spiro atoms. The van der Waals surface area contributed by atoms with Crippen LogP contribution in [0.5, 0.6) is 0 Å². The number of hydrogen-bond donors (Lipinski definition) is 1. The van der Waals surface area contributed by atoms with E-state index in [0.717, 1.165) is 13.0 Å². The SMILES string of the molecule is CCCC(C)COC(C)CC(C)N. The fraction of sp³-hybridized carbons (Fsp3) is 1.00. The summed E-state index contributed by atoms with van der Waals surface area (Å²) in [6, 6.07) is 0.247. The van der Waals surface area contributed by atoms with E-state index in [1.807, 2.05) is 6.92 Å². The van der Waals surface area contributed by atoms with Crippen LogP contribution in [-0.4, -0.2) is 18.8 Å². The lowest BCUT2D eigenvalue weighted by Crippen LogP contribution is -2.24. The Balaban J connectivity index is 3.40. The Hall–Kier alpha value is -0.0800. The molecule has 0 aromatic heterocycles. The summed E-state index contributed by atoms with van der Waals surface area (Å²) >= 11 is 0. The van der Waals surface area contributed by atoms with Crippen molar-refractivity contribution in [2.75, 3.05) is 6.61 Å². The zero-order chi connectivity index (χ0) is 10.3. The summed E-state index contributed by atoms with van der Waals surface area (Å²) in [6.07, 6.45) is 3.76. The van der Waals surface area contributed by atoms with E-state index in [1.165, 1.54) is 12.8 Å². The molecule has 80 valence electrons. The van der Waals surface area contributed by atoms with E-state index < -0.39 is 0 Å². The lowest BCUT2D eigenvalue weighted by Gasteiger charge is -2.18. The normalized spacial score (nSPS) is 18.2. The second kappa shape index (κ2) is 7.34. The van der Waals surface area contributed by atoms with Crippen molar-refractivity contribution in [3.05, 3.63) is 0 Å². The van der Waals surface area contributed by atoms with Crippen LogP contribution in [-0.2, 0) is 4.74 Å². The lowest BCUT2D eigenvalue weighted by molar-refractivity contribution is 0.0342. The van der Waals surface area contributed by atoms with Gasteiger partial charge in [-0.05, 0) is 32.6 Å². The Bertz CT molecular complexity index is 115. The Morgan fingerprint density at radius 2 is 1.85 bits per heavy atom. The van der Waals surface area contributed by atoms with Crippen molar-refractivity contribution in [2.24, 2.45) is 11.7 Å². The van der Waals surface area contributed by atoms with Gasteiger partial charge in [0.15, 0.2) is 0 Å². The van der Waals surface area contributed by atoms with Gasteiger partial charge in [0.2, 0.25) is 0 Å². The predicted molar refractivity (Wildman–Crippen MR) is 57.8 cm³/mol. The first kappa shape index (κ1) is 12.9. The first-order valence-corrected chi connectivity index (χ1v) is 5.43. The van der Waals surface area contributed by atoms with Crippen molar-refractivity contribution in [2.45, 2.75) is 59.1 Å². The van der Waals surface area contributed by atoms with Crippen LogP contribution < -0.4 is 5.73 Å². The largest absolute Gasteiger partial charge is 0.378 e. The quantitative estimate of drug-likeness (QED) is 0.665. The first-order chi connectivity index (χ1) is 6.06. The van der Waals surface area contributed by atoms with E-state index in [4.69, 9.17) is 10.5 Å². The van der Waals surface area contributed by atoms with Crippen molar-refractivity contribution < 1.29 is 4.74 Å². The molecule has 3 unspecified atom stereocenters. The zero-order valence-electron chi connectivity index (χ0n) is 9.55. The second-order valence-electron chi connectivity index (χ2n) is 4.25. The van der Waals surface area contributed by atoms with Crippen LogP contribution in [0.2, 0.25) is 0 Å². The van der Waals surface area contributed by atoms with Crippen molar-refractivity contribution >= 4 is 0 Å². The maximum atomic E-state index is 5.69. The Labute approximate surface area is 82.8 Å². The maximum Gasteiger partial charge on any atom is 0.0561 e. The molecule has 0 bridgehead atoms. The number of ether oxygens (including phenoxy) is 1. The number of nitrogens with two attached hydrogens (primary N) is 1. The molecule has 0 rings (SSSR count). The van der Waals surface area contributed by atoms with E-state index in [0.29, 0.717) is 12.0 Å². The molecule has 0 radical (unpaired) electrons. The van der Waals surface area contributed by atoms with Gasteiger partial charge in [0.05, 0.1) is 6.10 Å². The van der Waals surface area contributed by atoms with Crippen LogP contribution in [0.1, 0.15) is 47.0 Å². The Morgan fingerprint density at radius 3 is 2.31 bits per heavy atom. The van der Waals surface area contributed by atoms with Gasteiger partial charge in [0.1, 0.15) is 0 Å². The fourth-order valence-corrected chi connectivity index (χ4v) is 1.50. The third-order valence-electron chi connectivity index (χ3n) is 2.15. The standard InChI is InChI=1S/C11H25NO/c1-5-6-9(2)8-13-11(4)7-10(3)12/h9-11H,5-8,12H2,1-4H3. The van der Waals surface area contributed by atoms with Gasteiger partial charge in [0.25, 0.3) is 0 Å². The van der Waals surface area contributed by atoms with Crippen LogP contribution in [0.4, 0.5) is 0 Å². The highest BCUT2D eigenvalue weighted by Crippen LogP contribution is 2.08. The van der Waals surface area contributed by atoms with Gasteiger partial charge in [0, 0.05) is 12.6 Å². The summed E-state index contributed by atoms with van der Waals surface area (Å²) in [5.74, 6) is 0.681. The minimum Gasteiger partial charge on any atom is -0.378 e. The van der Waals surface area contributed by atoms with Gasteiger partial charge in [-0.25, -0.2) is 0 Å². The molecule has 0 aliphatic carbocycles. The third kappa shape index (κ3) is 8.26. The monoisotopic (exact) mass is 187 g/mol. The number of hydrogen-bond acceptors (Lipinski definition) is 2. The average molecular weight is 187 g/mol. The number of rotatable bonds is 7. The summed E-state index contributed by atoms with van der Waals surface area (Å²) in [4.78, 5) is 0. The summed E-state index contributed by atoms with van der Waals surface area (Å²) in [6.45, 7) is 9.45. The van der Waals surface area contributed by atoms with Crippen LogP contribution in [0.3, 0.4) is 0 Å². The minimum atomic E-state index is 0.247. The molecule has 0 aliphatic heterocycles. The predicted octanol–water partition coefficient (Wildman–Crippen LogP) is 2.57. The highest BCUT2D eigenvalue weighted by Gasteiger charge is 2.07. The first-order valence-electron chi connectivity index (χ1n) is 5.43. The molecule has 3 atom stereocenters. The molecular formula is C11H25NO. The van der Waals surface area contributed by atoms with Crippen LogP contribution in [0.25, 0.3) is 0 Å². The molecule has 13 heavy (non-hydrogen) atoms. The van der Waals surface area contributed by atoms with Crippen LogP contribution >= 0.6 is 0 Å². The minimum absolute atomic E-state index is 0.247. The fourth-order valence-electron chi connectivity index (χ4n) is 1.50. The highest BCUT2D eigenvalue weighted by molar-refractivity contribution is 4.60. The maximum absolute atomic E-state index is 5.69. The van der Waals surface area contributed by atoms with Crippen molar-refractivity contribution in [1.29, 1.82) is 0 Å². The molecule has 0 aliphatic rings. The van der Waals surface area contributed by atoms with Gasteiger partial charge >= 0.3 is 0 Å². The summed E-state index contributed by atoms with van der Waals surface area (Å²) in [5.41, 5.74) is 5.68. The molecule has 2 heteroatoms. The third-order valence-corrected chi connectivity index (χ3v) is 2.15. The Morgan fingerprint density at radius 1 is 1.23 bits per heavy atom. The van der Waals surface area contributed by atoms with Gasteiger partial charge in [-0.1, -0.05) is 20.3 Å². The van der Waals surface area contributed by atoms with Gasteiger partial charge in [-0.3, -0.25) is 0 Å². The average Bonchev–Trinajstić information content (AvgIpc) is 2.00. The van der Waals surface area contributed by atoms with Gasteiger partial charge in [-0.15, -0.1) is 0 Å². The molecule has 0 amide bonds. The molecule has 2 nitrogen and oxygen atoms in total. The summed E-state index contributed by atoms with van der Waals surface area (Å²) in [5, 5.41) is 0. The van der Waals surface area contributed by atoms with Crippen LogP contribution in [0, 0.1) is 5.92 Å².